The predicted molar refractivity (Wildman–Crippen MR) is 111 cm³/mol. The van der Waals surface area contributed by atoms with E-state index in [-0.39, 0.29) is 12.4 Å². The molecule has 0 aliphatic rings. The number of primary amides is 1. The molecule has 2 aromatic rings. The Hall–Kier alpha value is -2.26. The highest BCUT2D eigenvalue weighted by Gasteiger charge is 2.19. The molecule has 150 valence electrons. The van der Waals surface area contributed by atoms with Crippen molar-refractivity contribution < 1.29 is 23.0 Å². The molecule has 0 heterocycles. The number of halogens is 3. The number of nitrogens with two attached hydrogens (primary N) is 1. The van der Waals surface area contributed by atoms with Gasteiger partial charge in [0.05, 0.1) is 23.2 Å². The predicted octanol–water partition coefficient (Wildman–Crippen LogP) is 4.12. The molecule has 0 aliphatic carbocycles. The number of carbonyl (C=O) groups is 1. The van der Waals surface area contributed by atoms with E-state index >= 15 is 0 Å². The molecular weight excluding hydrogens is 454 g/mol. The smallest absolute Gasteiger partial charge is 0.254 e. The molecule has 0 bridgehead atoms. The number of nitrogens with one attached hydrogen (secondary N) is 1. The fourth-order valence-electron chi connectivity index (χ4n) is 2.34. The molecule has 0 saturated carbocycles. The van der Waals surface area contributed by atoms with Gasteiger partial charge in [-0.2, -0.15) is 0 Å². The second kappa shape index (κ2) is 10.3. The summed E-state index contributed by atoms with van der Waals surface area (Å²) >= 11 is 4.97. The number of thioether (sulfide) groups is 1. The van der Waals surface area contributed by atoms with E-state index in [2.05, 4.69) is 21.2 Å². The first-order valence-electron chi connectivity index (χ1n) is 8.14. The van der Waals surface area contributed by atoms with Gasteiger partial charge in [-0.05, 0) is 57.9 Å². The minimum Gasteiger partial charge on any atom is -0.497 e. The van der Waals surface area contributed by atoms with Crippen molar-refractivity contribution in [2.75, 3.05) is 26.5 Å². The number of carbonyl (C=O) groups excluding carboxylic acids is 1. The SMILES string of the molecule is CN/C(=C(/Br)SCCOc1ccc(F)c(C(N)=O)c1F)c1ccc(OC)cc1. The molecule has 0 atom stereocenters. The summed E-state index contributed by atoms with van der Waals surface area (Å²) in [6.07, 6.45) is 0. The first kappa shape index (κ1) is 22.0. The zero-order valence-corrected chi connectivity index (χ0v) is 17.6. The third-order valence-corrected chi connectivity index (χ3v) is 5.61. The number of benzene rings is 2. The summed E-state index contributed by atoms with van der Waals surface area (Å²) in [6, 6.07) is 9.63. The number of hydrogen-bond acceptors (Lipinski definition) is 5. The molecule has 0 aromatic heterocycles. The van der Waals surface area contributed by atoms with Crippen molar-refractivity contribution >= 4 is 39.3 Å². The minimum absolute atomic E-state index is 0.139. The van der Waals surface area contributed by atoms with Gasteiger partial charge in [0.15, 0.2) is 11.6 Å². The summed E-state index contributed by atoms with van der Waals surface area (Å²) in [6.45, 7) is 0.139. The van der Waals surface area contributed by atoms with Crippen LogP contribution in [0.25, 0.3) is 5.70 Å². The van der Waals surface area contributed by atoms with E-state index in [1.54, 1.807) is 14.2 Å². The molecule has 0 unspecified atom stereocenters. The summed E-state index contributed by atoms with van der Waals surface area (Å²) < 4.78 is 38.9. The standard InChI is InChI=1S/C19H19BrF2N2O3S/c1-24-17(11-3-5-12(26-2)6-4-11)18(20)28-10-9-27-14-8-7-13(21)15(16(14)22)19(23)25/h3-8,24H,9-10H2,1-2H3,(H2,23,25)/b18-17-. The molecule has 0 fully saturated rings. The lowest BCUT2D eigenvalue weighted by atomic mass is 10.2. The second-order valence-corrected chi connectivity index (χ2v) is 7.85. The van der Waals surface area contributed by atoms with Crippen LogP contribution in [0.15, 0.2) is 40.2 Å². The molecule has 0 aliphatic heterocycles. The monoisotopic (exact) mass is 472 g/mol. The average molecular weight is 473 g/mol. The summed E-state index contributed by atoms with van der Waals surface area (Å²) in [7, 11) is 3.41. The minimum atomic E-state index is -1.18. The molecule has 28 heavy (non-hydrogen) atoms. The molecular formula is C19H19BrF2N2O3S. The van der Waals surface area contributed by atoms with E-state index in [0.717, 1.165) is 33.0 Å². The summed E-state index contributed by atoms with van der Waals surface area (Å²) in [5.41, 5.74) is 6.02. The zero-order valence-electron chi connectivity index (χ0n) is 15.2. The van der Waals surface area contributed by atoms with Crippen molar-refractivity contribution in [3.63, 3.8) is 0 Å². The number of rotatable bonds is 9. The van der Waals surface area contributed by atoms with E-state index in [1.807, 2.05) is 24.3 Å². The summed E-state index contributed by atoms with van der Waals surface area (Å²) in [5, 5.41) is 3.13. The van der Waals surface area contributed by atoms with Crippen molar-refractivity contribution in [2.45, 2.75) is 0 Å². The van der Waals surface area contributed by atoms with Crippen LogP contribution in [0.5, 0.6) is 11.5 Å². The Bertz CT molecular complexity index is 876. The molecule has 9 heteroatoms. The Kier molecular flexibility index (Phi) is 8.13. The van der Waals surface area contributed by atoms with Gasteiger partial charge in [-0.1, -0.05) is 0 Å². The molecule has 0 saturated heterocycles. The van der Waals surface area contributed by atoms with Crippen LogP contribution in [-0.4, -0.2) is 32.4 Å². The Balaban J connectivity index is 2.01. The van der Waals surface area contributed by atoms with Gasteiger partial charge in [-0.15, -0.1) is 11.8 Å². The van der Waals surface area contributed by atoms with Gasteiger partial charge in [0.2, 0.25) is 0 Å². The Morgan fingerprint density at radius 3 is 2.46 bits per heavy atom. The van der Waals surface area contributed by atoms with Gasteiger partial charge in [0.1, 0.15) is 17.1 Å². The number of amides is 1. The lowest BCUT2D eigenvalue weighted by Crippen LogP contribution is -2.16. The van der Waals surface area contributed by atoms with Gasteiger partial charge >= 0.3 is 0 Å². The molecule has 0 radical (unpaired) electrons. The van der Waals surface area contributed by atoms with Crippen LogP contribution in [0.2, 0.25) is 0 Å². The normalized spacial score (nSPS) is 11.6. The van der Waals surface area contributed by atoms with Crippen molar-refractivity contribution in [3.05, 3.63) is 63.0 Å². The highest BCUT2D eigenvalue weighted by atomic mass is 79.9. The number of hydrogen-bond donors (Lipinski definition) is 2. The van der Waals surface area contributed by atoms with Gasteiger partial charge in [0, 0.05) is 12.8 Å². The Morgan fingerprint density at radius 1 is 1.21 bits per heavy atom. The van der Waals surface area contributed by atoms with Crippen molar-refractivity contribution in [1.29, 1.82) is 0 Å². The molecule has 2 rings (SSSR count). The van der Waals surface area contributed by atoms with Crippen LogP contribution >= 0.6 is 27.7 Å². The van der Waals surface area contributed by atoms with Crippen molar-refractivity contribution in [3.8, 4) is 11.5 Å². The molecule has 1 amide bonds. The van der Waals surface area contributed by atoms with Crippen LogP contribution in [0.4, 0.5) is 8.78 Å². The topological polar surface area (TPSA) is 73.6 Å². The zero-order chi connectivity index (χ0) is 20.7. The van der Waals surface area contributed by atoms with E-state index in [4.69, 9.17) is 15.2 Å². The van der Waals surface area contributed by atoms with Crippen LogP contribution in [0.1, 0.15) is 15.9 Å². The lowest BCUT2D eigenvalue weighted by molar-refractivity contribution is 0.0991. The van der Waals surface area contributed by atoms with Gasteiger partial charge in [-0.3, -0.25) is 4.79 Å². The number of methoxy groups -OCH3 is 1. The van der Waals surface area contributed by atoms with Crippen LogP contribution < -0.4 is 20.5 Å². The highest BCUT2D eigenvalue weighted by molar-refractivity contribution is 9.14. The third kappa shape index (κ3) is 5.39. The molecule has 0 spiro atoms. The molecule has 2 aromatic carbocycles. The number of ether oxygens (including phenoxy) is 2. The third-order valence-electron chi connectivity index (χ3n) is 3.70. The maximum atomic E-state index is 14.1. The van der Waals surface area contributed by atoms with E-state index in [0.29, 0.717) is 5.75 Å². The van der Waals surface area contributed by atoms with Crippen LogP contribution in [-0.2, 0) is 0 Å². The van der Waals surface area contributed by atoms with Gasteiger partial charge in [-0.25, -0.2) is 8.78 Å². The maximum Gasteiger partial charge on any atom is 0.254 e. The first-order valence-corrected chi connectivity index (χ1v) is 9.92. The fourth-order valence-corrected chi connectivity index (χ4v) is 3.96. The molecule has 5 nitrogen and oxygen atoms in total. The Morgan fingerprint density at radius 2 is 1.89 bits per heavy atom. The fraction of sp³-hybridized carbons (Fsp3) is 0.211. The van der Waals surface area contributed by atoms with Crippen LogP contribution in [0, 0.1) is 11.6 Å². The van der Waals surface area contributed by atoms with Gasteiger partial charge in [0.25, 0.3) is 5.91 Å². The maximum absolute atomic E-state index is 14.1. The van der Waals surface area contributed by atoms with E-state index < -0.39 is 23.1 Å². The van der Waals surface area contributed by atoms with Gasteiger partial charge < -0.3 is 20.5 Å². The summed E-state index contributed by atoms with van der Waals surface area (Å²) in [5.74, 6) is -2.28. The Labute approximate surface area is 174 Å². The van der Waals surface area contributed by atoms with E-state index in [1.165, 1.54) is 11.8 Å². The average Bonchev–Trinajstić information content (AvgIpc) is 2.67. The van der Waals surface area contributed by atoms with Crippen LogP contribution in [0.3, 0.4) is 0 Å². The van der Waals surface area contributed by atoms with Crippen molar-refractivity contribution in [1.82, 2.24) is 5.32 Å². The summed E-state index contributed by atoms with van der Waals surface area (Å²) in [4.78, 5) is 11.2. The highest BCUT2D eigenvalue weighted by Crippen LogP contribution is 2.31. The first-order chi connectivity index (χ1) is 13.4. The second-order valence-electron chi connectivity index (χ2n) is 5.42. The largest absolute Gasteiger partial charge is 0.497 e. The van der Waals surface area contributed by atoms with E-state index in [9.17, 15) is 13.6 Å². The molecule has 3 N–H and O–H groups in total. The van der Waals surface area contributed by atoms with Crippen molar-refractivity contribution in [2.24, 2.45) is 5.73 Å². The quantitative estimate of drug-likeness (QED) is 0.536. The lowest BCUT2D eigenvalue weighted by Gasteiger charge is -2.12.